The first-order valence-electron chi connectivity index (χ1n) is 38.8. The van der Waals surface area contributed by atoms with Gasteiger partial charge in [-0.1, -0.05) is 0 Å². The van der Waals surface area contributed by atoms with Crippen LogP contribution in [-0.2, 0) is 69.1 Å². The number of anilines is 5. The number of hydrogen-bond acceptors (Lipinski definition) is 35. The second-order valence-corrected chi connectivity index (χ2v) is 43.4. The van der Waals surface area contributed by atoms with Crippen LogP contribution >= 0.6 is 38.2 Å². The Morgan fingerprint density at radius 2 is 1.03 bits per heavy atom. The lowest BCUT2D eigenvalue weighted by molar-refractivity contribution is -0.134. The van der Waals surface area contributed by atoms with Crippen LogP contribution < -0.4 is 55.6 Å². The minimum Gasteiger partial charge on any atom is -0.383 e. The zero-order valence-electron chi connectivity index (χ0n) is 67.1. The smallest absolute Gasteiger partial charge is 0.351 e. The normalized spacial score (nSPS) is 29.1. The van der Waals surface area contributed by atoms with E-state index in [-0.39, 0.29) is 137 Å². The second-order valence-electron chi connectivity index (χ2n) is 30.7. The number of aromatic nitrogens is 16. The first-order valence-corrected chi connectivity index (χ1v) is 46.9. The molecule has 8 aromatic rings. The number of rotatable bonds is 23. The molecule has 56 heteroatoms. The highest BCUT2D eigenvalue weighted by Crippen LogP contribution is 2.61. The van der Waals surface area contributed by atoms with Gasteiger partial charge in [0.1, 0.15) is 53.9 Å². The molecule has 0 amide bonds. The maximum absolute atomic E-state index is 16.8. The molecule has 8 aromatic heterocycles. The molecule has 16 atom stereocenters. The molecule has 7 fully saturated rings. The molecule has 8 bridgehead atoms. The van der Waals surface area contributed by atoms with Gasteiger partial charge in [0.2, 0.25) is 5.95 Å². The summed E-state index contributed by atoms with van der Waals surface area (Å²) in [6.45, 7) is 2.46. The average molecular weight is 1780 g/mol. The summed E-state index contributed by atoms with van der Waals surface area (Å²) in [5, 5.41) is 9.49. The van der Waals surface area contributed by atoms with Gasteiger partial charge in [0.15, 0.2) is 46.5 Å². The summed E-state index contributed by atoms with van der Waals surface area (Å²) in [4.78, 5) is 102. The van der Waals surface area contributed by atoms with Crippen LogP contribution in [0.2, 0.25) is 0 Å². The standard InChI is InChI=1S/C64H99N32O19P5/c1-82(2)117(102,107-31-40-19-85(7)25-47(111-40)92-14-9-46(65)78-63(92)99)88-20-42-32-108-119(104,84(5)6)90-21-43(115-51(28-90)96-39-76-54-59(96)79-62(80-61(54)98)77-45-24-93(48(26-88)112-42)64(100)81-60(45)97)33-109-118(103,83(3)4)89-22-44(114-49(27-89)94-37-74-52-55(66)70-35-72-57(52)94)34-110-120(105,87-17-12-69-13-18-87)91-23-41(30-106-116(8,101)86-15-10-68-11-16-86)113-50(29-91)95-38-75-53-56(67)71-36-73-58(53)95/h9,14,24,35-44,47-51,68-69H,10-13,15-23,25-34H2,1-8H3,(H2,65,78,99)(H2,66,70,72)(H2,67,71,73)(H,81,97,100)(H2,77,79,80,98). The number of ether oxygens (including phenoxy) is 5. The predicted molar refractivity (Wildman–Crippen MR) is 432 cm³/mol. The number of piperazine rings is 2. The van der Waals surface area contributed by atoms with Gasteiger partial charge in [0.05, 0.1) is 109 Å². The Morgan fingerprint density at radius 1 is 0.525 bits per heavy atom. The Bertz CT molecular complexity index is 5590. The number of nitrogen functional groups attached to an aromatic ring is 3. The number of nitrogens with one attached hydrogen (secondary N) is 5. The van der Waals surface area contributed by atoms with E-state index < -0.39 is 142 Å². The van der Waals surface area contributed by atoms with Crippen molar-refractivity contribution in [2.24, 2.45) is 0 Å². The molecule has 0 saturated carbocycles. The third kappa shape index (κ3) is 17.3. The Kier molecular flexibility index (Phi) is 25.0. The zero-order valence-corrected chi connectivity index (χ0v) is 71.6. The monoisotopic (exact) mass is 1770 g/mol. The van der Waals surface area contributed by atoms with Crippen LogP contribution in [-0.4, -0.2) is 362 Å². The molecule has 7 saturated heterocycles. The molecule has 0 radical (unpaired) electrons. The van der Waals surface area contributed by atoms with Gasteiger partial charge in [-0.05, 0) is 55.4 Å². The average Bonchev–Trinajstić information content (AvgIpc) is 1.53. The van der Waals surface area contributed by atoms with Crippen molar-refractivity contribution >= 4 is 101 Å². The molecule has 654 valence electrons. The molecule has 8 aliphatic rings. The van der Waals surface area contributed by atoms with E-state index in [1.54, 1.807) is 58.0 Å². The highest BCUT2D eigenvalue weighted by molar-refractivity contribution is 7.56. The van der Waals surface area contributed by atoms with Crippen molar-refractivity contribution in [3.05, 3.63) is 91.8 Å². The molecular formula is C64H99N32O19P5. The number of imidazole rings is 3. The molecule has 16 heterocycles. The fraction of sp³-hybridized carbons (Fsp3) is 0.641. The van der Waals surface area contributed by atoms with Crippen molar-refractivity contribution in [2.75, 3.05) is 229 Å². The number of hydrogen-bond donors (Lipinski definition) is 8. The van der Waals surface area contributed by atoms with E-state index >= 15 is 18.3 Å². The largest absolute Gasteiger partial charge is 0.383 e. The highest BCUT2D eigenvalue weighted by Gasteiger charge is 2.52. The molecule has 8 aliphatic heterocycles. The first kappa shape index (κ1) is 86.0. The van der Waals surface area contributed by atoms with Crippen LogP contribution in [0.25, 0.3) is 33.5 Å². The van der Waals surface area contributed by atoms with E-state index in [0.717, 1.165) is 10.8 Å². The first-order chi connectivity index (χ1) is 57.3. The third-order valence-electron chi connectivity index (χ3n) is 21.9. The Hall–Kier alpha value is -7.52. The van der Waals surface area contributed by atoms with E-state index in [1.807, 2.05) is 16.6 Å². The summed E-state index contributed by atoms with van der Waals surface area (Å²) in [6, 6.07) is 1.47. The van der Waals surface area contributed by atoms with Crippen molar-refractivity contribution < 1.29 is 69.1 Å². The van der Waals surface area contributed by atoms with Gasteiger partial charge in [-0.25, -0.2) is 86.5 Å². The maximum Gasteiger partial charge on any atom is 0.351 e. The van der Waals surface area contributed by atoms with Gasteiger partial charge < -0.3 is 79.5 Å². The van der Waals surface area contributed by atoms with Crippen LogP contribution in [0.3, 0.4) is 0 Å². The maximum atomic E-state index is 16.8. The van der Waals surface area contributed by atoms with Crippen LogP contribution in [0.15, 0.2) is 69.3 Å². The number of H-pyrrole nitrogens is 2. The lowest BCUT2D eigenvalue weighted by Gasteiger charge is -2.47. The predicted octanol–water partition coefficient (Wildman–Crippen LogP) is -1.13. The Labute approximate surface area is 685 Å². The minimum atomic E-state index is -4.42. The van der Waals surface area contributed by atoms with Gasteiger partial charge in [0, 0.05) is 111 Å². The van der Waals surface area contributed by atoms with Crippen molar-refractivity contribution in [3.63, 3.8) is 0 Å². The molecule has 51 nitrogen and oxygen atoms in total. The van der Waals surface area contributed by atoms with Gasteiger partial charge in [-0.2, -0.15) is 9.97 Å². The Balaban J connectivity index is 0.704. The molecule has 0 aliphatic carbocycles. The van der Waals surface area contributed by atoms with E-state index in [0.29, 0.717) is 57.0 Å². The summed E-state index contributed by atoms with van der Waals surface area (Å²) >= 11 is 0. The van der Waals surface area contributed by atoms with E-state index in [2.05, 4.69) is 65.8 Å². The topological polar surface area (TPSA) is 565 Å². The van der Waals surface area contributed by atoms with Crippen LogP contribution in [0.1, 0.15) is 31.1 Å². The van der Waals surface area contributed by atoms with E-state index in [9.17, 15) is 23.7 Å². The van der Waals surface area contributed by atoms with Gasteiger partial charge >= 0.3 is 42.1 Å². The molecule has 11 N–H and O–H groups in total. The molecule has 120 heavy (non-hydrogen) atoms. The van der Waals surface area contributed by atoms with Gasteiger partial charge in [-0.15, -0.1) is 0 Å². The number of nitrogens with two attached hydrogens (primary N) is 3. The molecule has 16 unspecified atom stereocenters. The number of likely N-dealkylation sites (N-methyl/N-ethyl adjacent to an activating group) is 1. The van der Waals surface area contributed by atoms with Crippen LogP contribution in [0.4, 0.5) is 29.1 Å². The summed E-state index contributed by atoms with van der Waals surface area (Å²) in [5.74, 6) is -0.0565. The van der Waals surface area contributed by atoms with Crippen molar-refractivity contribution in [1.29, 1.82) is 0 Å². The number of nitrogens with zero attached hydrogens (tertiary/aromatic N) is 24. The van der Waals surface area contributed by atoms with E-state index in [1.165, 1.54) is 90.5 Å². The summed E-state index contributed by atoms with van der Waals surface area (Å²) in [7, 11) is -9.63. The lowest BCUT2D eigenvalue weighted by atomic mass is 10.3. The second kappa shape index (κ2) is 34.9. The van der Waals surface area contributed by atoms with Gasteiger partial charge in [-0.3, -0.25) is 70.1 Å². The molecular weight excluding hydrogens is 1680 g/mol. The van der Waals surface area contributed by atoms with Crippen molar-refractivity contribution in [1.82, 2.24) is 135 Å². The minimum absolute atomic E-state index is 0.0284. The fourth-order valence-electron chi connectivity index (χ4n) is 15.8. The zero-order chi connectivity index (χ0) is 84.5. The summed E-state index contributed by atoms with van der Waals surface area (Å²) in [5.41, 5.74) is 15.8. The third-order valence-corrected chi connectivity index (χ3v) is 34.2. The van der Waals surface area contributed by atoms with E-state index in [4.69, 9.17) is 68.5 Å². The number of fused-ring (bicyclic) bond motifs is 11. The van der Waals surface area contributed by atoms with Crippen molar-refractivity contribution in [3.8, 4) is 0 Å². The van der Waals surface area contributed by atoms with Crippen LogP contribution in [0, 0.1) is 0 Å². The highest BCUT2D eigenvalue weighted by atomic mass is 31.2. The SMILES string of the molecule is CN1CC(COP(=O)(N(C)C)N2CC3COP(=O)(N(C)C)N4CC(COP(=O)(N(C)C)N5CC(COP(=O)(N6CCNCC6)N6CC(COP(C)(=O)N7CCNCC7)OC(n7cnc8c(N)ncnc87)C6)OC(n6cnc7c(N)ncnc76)C5)OC(C4)n4cnc5c(=O)[nH]c(nc54)Nc4cn(c(=O)[nH]c4=O)C(C2)O3)OC(n2ccc(N)nc2=O)C1. The molecule has 16 rings (SSSR count). The Morgan fingerprint density at radius 3 is 1.62 bits per heavy atom. The summed E-state index contributed by atoms with van der Waals surface area (Å²) in [6.07, 6.45) is -1.15. The lowest BCUT2D eigenvalue weighted by Crippen LogP contribution is -2.52. The quantitative estimate of drug-likeness (QED) is 0.0351. The molecule has 0 spiro atoms. The number of aromatic amines is 2. The summed E-state index contributed by atoms with van der Waals surface area (Å²) < 4.78 is 168. The number of morpholine rings is 5. The van der Waals surface area contributed by atoms with Crippen LogP contribution in [0.5, 0.6) is 0 Å². The molecule has 0 aromatic carbocycles. The van der Waals surface area contributed by atoms with Crippen molar-refractivity contribution in [2.45, 2.75) is 61.7 Å². The van der Waals surface area contributed by atoms with Gasteiger partial charge in [0.25, 0.3) is 18.6 Å². The fourth-order valence-corrected chi connectivity index (χ4v) is 25.8.